The molecule has 0 aliphatic heterocycles. The highest BCUT2D eigenvalue weighted by atomic mass is 15.4. The molecule has 1 aromatic heterocycles. The zero-order chi connectivity index (χ0) is 14.1. The van der Waals surface area contributed by atoms with Crippen LogP contribution in [0.3, 0.4) is 0 Å². The summed E-state index contributed by atoms with van der Waals surface area (Å²) in [5.41, 5.74) is 3.97. The summed E-state index contributed by atoms with van der Waals surface area (Å²) in [4.78, 5) is 12.8. The molecule has 106 valence electrons. The maximum absolute atomic E-state index is 4.29. The number of aromatic nitrogens is 3. The van der Waals surface area contributed by atoms with E-state index in [4.69, 9.17) is 0 Å². The molecule has 0 atom stereocenters. The molecule has 0 unspecified atom stereocenters. The lowest BCUT2D eigenvalue weighted by Gasteiger charge is -2.08. The summed E-state index contributed by atoms with van der Waals surface area (Å²) in [6.45, 7) is 9.65. The van der Waals surface area contributed by atoms with Crippen LogP contribution in [0.1, 0.15) is 40.5 Å². The first kappa shape index (κ1) is 15.1. The standard InChI is InChI=1S/C12H23N7/c1-5-9(6-2)18-19-12-16-10(13-7-3)15-11(17-12)14-8-4/h5-8H2,1-4H3,(H3,13,14,15,16,17,19). The molecule has 0 saturated carbocycles. The van der Waals surface area contributed by atoms with Gasteiger partial charge in [0.2, 0.25) is 17.8 Å². The van der Waals surface area contributed by atoms with Crippen LogP contribution in [-0.4, -0.2) is 33.8 Å². The Balaban J connectivity index is 2.88. The average molecular weight is 265 g/mol. The van der Waals surface area contributed by atoms with Crippen molar-refractivity contribution in [3.63, 3.8) is 0 Å². The van der Waals surface area contributed by atoms with E-state index in [0.717, 1.165) is 31.6 Å². The zero-order valence-corrected chi connectivity index (χ0v) is 12.1. The SMILES string of the molecule is CCNc1nc(NCC)nc(NN=C(CC)CC)n1. The summed E-state index contributed by atoms with van der Waals surface area (Å²) in [5, 5.41) is 10.4. The fourth-order valence-corrected chi connectivity index (χ4v) is 1.44. The monoisotopic (exact) mass is 265 g/mol. The van der Waals surface area contributed by atoms with Crippen molar-refractivity contribution in [1.29, 1.82) is 0 Å². The van der Waals surface area contributed by atoms with E-state index in [2.05, 4.69) is 50.0 Å². The predicted octanol–water partition coefficient (Wildman–Crippen LogP) is 2.32. The highest BCUT2D eigenvalue weighted by molar-refractivity contribution is 5.84. The first-order chi connectivity index (χ1) is 9.23. The van der Waals surface area contributed by atoms with Gasteiger partial charge in [0.05, 0.1) is 0 Å². The van der Waals surface area contributed by atoms with Gasteiger partial charge in [0, 0.05) is 18.8 Å². The molecule has 0 aromatic carbocycles. The summed E-state index contributed by atoms with van der Waals surface area (Å²) in [5.74, 6) is 1.53. The van der Waals surface area contributed by atoms with Crippen molar-refractivity contribution in [2.75, 3.05) is 29.1 Å². The summed E-state index contributed by atoms with van der Waals surface area (Å²) in [7, 11) is 0. The van der Waals surface area contributed by atoms with Gasteiger partial charge < -0.3 is 10.6 Å². The van der Waals surface area contributed by atoms with Gasteiger partial charge in [-0.1, -0.05) is 13.8 Å². The smallest absolute Gasteiger partial charge is 0.250 e. The largest absolute Gasteiger partial charge is 0.354 e. The van der Waals surface area contributed by atoms with Crippen molar-refractivity contribution in [3.05, 3.63) is 0 Å². The molecule has 0 spiro atoms. The van der Waals surface area contributed by atoms with Gasteiger partial charge in [0.15, 0.2) is 0 Å². The van der Waals surface area contributed by atoms with Gasteiger partial charge in [-0.05, 0) is 26.7 Å². The minimum atomic E-state index is 0.446. The van der Waals surface area contributed by atoms with E-state index in [1.165, 1.54) is 0 Å². The van der Waals surface area contributed by atoms with Gasteiger partial charge in [0.1, 0.15) is 0 Å². The second-order valence-electron chi connectivity index (χ2n) is 3.86. The van der Waals surface area contributed by atoms with Crippen molar-refractivity contribution < 1.29 is 0 Å². The third kappa shape index (κ3) is 5.07. The molecule has 0 saturated heterocycles. The lowest BCUT2D eigenvalue weighted by molar-refractivity contribution is 0.987. The molecule has 1 rings (SSSR count). The molecule has 7 nitrogen and oxygen atoms in total. The zero-order valence-electron chi connectivity index (χ0n) is 12.1. The number of nitrogens with one attached hydrogen (secondary N) is 3. The molecular formula is C12H23N7. The van der Waals surface area contributed by atoms with Crippen molar-refractivity contribution in [1.82, 2.24) is 15.0 Å². The summed E-state index contributed by atoms with van der Waals surface area (Å²) in [6, 6.07) is 0. The quantitative estimate of drug-likeness (QED) is 0.494. The summed E-state index contributed by atoms with van der Waals surface area (Å²) >= 11 is 0. The number of hydrazone groups is 1. The minimum Gasteiger partial charge on any atom is -0.354 e. The first-order valence-electron chi connectivity index (χ1n) is 6.78. The number of nitrogens with zero attached hydrogens (tertiary/aromatic N) is 4. The van der Waals surface area contributed by atoms with Crippen LogP contribution >= 0.6 is 0 Å². The maximum atomic E-state index is 4.29. The normalized spacial score (nSPS) is 9.89. The summed E-state index contributed by atoms with van der Waals surface area (Å²) in [6.07, 6.45) is 1.82. The maximum Gasteiger partial charge on any atom is 0.250 e. The van der Waals surface area contributed by atoms with Gasteiger partial charge >= 0.3 is 0 Å². The highest BCUT2D eigenvalue weighted by Crippen LogP contribution is 2.09. The van der Waals surface area contributed by atoms with Crippen molar-refractivity contribution in [2.24, 2.45) is 5.10 Å². The fourth-order valence-electron chi connectivity index (χ4n) is 1.44. The molecule has 0 bridgehead atoms. The van der Waals surface area contributed by atoms with Crippen LogP contribution < -0.4 is 16.1 Å². The van der Waals surface area contributed by atoms with E-state index in [1.54, 1.807) is 0 Å². The molecule has 0 amide bonds. The van der Waals surface area contributed by atoms with Gasteiger partial charge in [-0.2, -0.15) is 20.1 Å². The van der Waals surface area contributed by atoms with Gasteiger partial charge in [-0.25, -0.2) is 5.43 Å². The van der Waals surface area contributed by atoms with E-state index in [9.17, 15) is 0 Å². The number of hydrogen-bond donors (Lipinski definition) is 3. The highest BCUT2D eigenvalue weighted by Gasteiger charge is 2.04. The van der Waals surface area contributed by atoms with E-state index in [1.807, 2.05) is 13.8 Å². The number of rotatable bonds is 8. The van der Waals surface area contributed by atoms with Crippen LogP contribution in [0, 0.1) is 0 Å². The predicted molar refractivity (Wildman–Crippen MR) is 79.8 cm³/mol. The van der Waals surface area contributed by atoms with E-state index >= 15 is 0 Å². The molecule has 7 heteroatoms. The molecule has 19 heavy (non-hydrogen) atoms. The van der Waals surface area contributed by atoms with E-state index in [0.29, 0.717) is 17.8 Å². The lowest BCUT2D eigenvalue weighted by atomic mass is 10.2. The Morgan fingerprint density at radius 3 is 1.74 bits per heavy atom. The Bertz CT molecular complexity index is 386. The fraction of sp³-hybridized carbons (Fsp3) is 0.667. The van der Waals surface area contributed by atoms with Crippen molar-refractivity contribution >= 4 is 23.6 Å². The molecule has 0 aliphatic rings. The Hall–Kier alpha value is -1.92. The third-order valence-corrected chi connectivity index (χ3v) is 2.44. The van der Waals surface area contributed by atoms with Gasteiger partial charge in [0.25, 0.3) is 0 Å². The van der Waals surface area contributed by atoms with Crippen molar-refractivity contribution in [2.45, 2.75) is 40.5 Å². The van der Waals surface area contributed by atoms with Crippen LogP contribution in [0.5, 0.6) is 0 Å². The summed E-state index contributed by atoms with van der Waals surface area (Å²) < 4.78 is 0. The Morgan fingerprint density at radius 1 is 0.842 bits per heavy atom. The van der Waals surface area contributed by atoms with E-state index in [-0.39, 0.29) is 0 Å². The first-order valence-corrected chi connectivity index (χ1v) is 6.78. The average Bonchev–Trinajstić information content (AvgIpc) is 2.40. The minimum absolute atomic E-state index is 0.446. The second-order valence-corrected chi connectivity index (χ2v) is 3.86. The van der Waals surface area contributed by atoms with Crippen LogP contribution in [0.15, 0.2) is 5.10 Å². The van der Waals surface area contributed by atoms with Gasteiger partial charge in [-0.3, -0.25) is 0 Å². The Kier molecular flexibility index (Phi) is 6.56. The molecule has 1 aromatic rings. The Labute approximate surface area is 114 Å². The molecule has 3 N–H and O–H groups in total. The number of anilines is 3. The molecule has 1 heterocycles. The topological polar surface area (TPSA) is 87.1 Å². The van der Waals surface area contributed by atoms with E-state index < -0.39 is 0 Å². The second kappa shape index (κ2) is 8.23. The van der Waals surface area contributed by atoms with Gasteiger partial charge in [-0.15, -0.1) is 0 Å². The lowest BCUT2D eigenvalue weighted by Crippen LogP contribution is -2.11. The molecule has 0 radical (unpaired) electrons. The molecular weight excluding hydrogens is 242 g/mol. The van der Waals surface area contributed by atoms with Crippen LogP contribution in [-0.2, 0) is 0 Å². The van der Waals surface area contributed by atoms with Crippen molar-refractivity contribution in [3.8, 4) is 0 Å². The van der Waals surface area contributed by atoms with Crippen LogP contribution in [0.4, 0.5) is 17.8 Å². The Morgan fingerprint density at radius 2 is 1.32 bits per heavy atom. The molecule has 0 fully saturated rings. The van der Waals surface area contributed by atoms with Crippen LogP contribution in [0.25, 0.3) is 0 Å². The van der Waals surface area contributed by atoms with Crippen LogP contribution in [0.2, 0.25) is 0 Å². The number of hydrogen-bond acceptors (Lipinski definition) is 7. The molecule has 0 aliphatic carbocycles. The third-order valence-electron chi connectivity index (χ3n) is 2.44.